The minimum atomic E-state index is -0.969. The van der Waals surface area contributed by atoms with Gasteiger partial charge in [-0.2, -0.15) is 0 Å². The molecule has 0 aliphatic rings. The number of methoxy groups -OCH3 is 1. The summed E-state index contributed by atoms with van der Waals surface area (Å²) in [7, 11) is 7.28. The van der Waals surface area contributed by atoms with Crippen molar-refractivity contribution < 1.29 is 19.1 Å². The maximum absolute atomic E-state index is 11.7. The Kier molecular flexibility index (Phi) is 7.06. The van der Waals surface area contributed by atoms with Crippen LogP contribution in [0.15, 0.2) is 24.8 Å². The number of rotatable bonds is 8. The summed E-state index contributed by atoms with van der Waals surface area (Å²) in [5.74, 6) is 0.0682. The molecule has 0 aliphatic heterocycles. The van der Waals surface area contributed by atoms with Gasteiger partial charge in [-0.25, -0.2) is 4.79 Å². The van der Waals surface area contributed by atoms with Crippen molar-refractivity contribution >= 4 is 23.4 Å². The lowest BCUT2D eigenvalue weighted by Crippen LogP contribution is -2.29. The van der Waals surface area contributed by atoms with Crippen LogP contribution >= 0.6 is 0 Å². The van der Waals surface area contributed by atoms with E-state index in [0.717, 1.165) is 12.6 Å². The molecule has 2 amide bonds. The summed E-state index contributed by atoms with van der Waals surface area (Å²) in [5, 5.41) is 2.69. The first-order chi connectivity index (χ1) is 11.3. The predicted molar refractivity (Wildman–Crippen MR) is 93.9 cm³/mol. The van der Waals surface area contributed by atoms with Gasteiger partial charge >= 0.3 is 6.09 Å². The minimum absolute atomic E-state index is 0.120. The zero-order chi connectivity index (χ0) is 18.3. The zero-order valence-corrected chi connectivity index (χ0v) is 14.5. The quantitative estimate of drug-likeness (QED) is 0.694. The number of carbonyl (C=O) groups excluding carboxylic acids is 2. The van der Waals surface area contributed by atoms with E-state index in [4.69, 9.17) is 15.2 Å². The molecular formula is C16H24N4O4. The van der Waals surface area contributed by atoms with Gasteiger partial charge in [-0.3, -0.25) is 4.79 Å². The third-order valence-corrected chi connectivity index (χ3v) is 3.23. The maximum Gasteiger partial charge on any atom is 0.410 e. The van der Waals surface area contributed by atoms with E-state index in [2.05, 4.69) is 11.9 Å². The van der Waals surface area contributed by atoms with E-state index in [1.807, 2.05) is 30.9 Å². The fraction of sp³-hybridized carbons (Fsp3) is 0.375. The molecule has 1 aromatic rings. The highest BCUT2D eigenvalue weighted by atomic mass is 16.6. The van der Waals surface area contributed by atoms with Crippen molar-refractivity contribution in [3.05, 3.63) is 24.8 Å². The summed E-state index contributed by atoms with van der Waals surface area (Å²) in [4.78, 5) is 26.7. The standard InChI is InChI=1S/C16H24N4O4/c1-6-15(21)18-11-9-14(24-16(17)22)13(23-5)10-12(11)20(4)8-7-19(2)3/h6,9-10H,1,7-8H2,2-5H3,(H2,17,22)(H,18,21). The summed E-state index contributed by atoms with van der Waals surface area (Å²) in [5.41, 5.74) is 6.23. The second-order valence-corrected chi connectivity index (χ2v) is 5.36. The Balaban J connectivity index is 3.28. The number of ether oxygens (including phenoxy) is 2. The molecule has 0 atom stereocenters. The van der Waals surface area contributed by atoms with Crippen molar-refractivity contribution in [3.8, 4) is 11.5 Å². The SMILES string of the molecule is C=CC(=O)Nc1cc(OC(N)=O)c(OC)cc1N(C)CCN(C)C. The van der Waals surface area contributed by atoms with Gasteiger partial charge in [-0.1, -0.05) is 6.58 Å². The molecule has 1 rings (SSSR count). The van der Waals surface area contributed by atoms with E-state index in [1.165, 1.54) is 13.2 Å². The topological polar surface area (TPSA) is 97.1 Å². The fourth-order valence-corrected chi connectivity index (χ4v) is 1.97. The van der Waals surface area contributed by atoms with Gasteiger partial charge in [0.25, 0.3) is 0 Å². The van der Waals surface area contributed by atoms with Gasteiger partial charge in [0.1, 0.15) is 0 Å². The lowest BCUT2D eigenvalue weighted by Gasteiger charge is -2.25. The van der Waals surface area contributed by atoms with E-state index in [1.54, 1.807) is 6.07 Å². The lowest BCUT2D eigenvalue weighted by atomic mass is 10.2. The molecule has 0 saturated carbocycles. The molecule has 0 unspecified atom stereocenters. The van der Waals surface area contributed by atoms with Crippen molar-refractivity contribution in [3.63, 3.8) is 0 Å². The molecule has 3 N–H and O–H groups in total. The molecule has 0 bridgehead atoms. The average Bonchev–Trinajstić information content (AvgIpc) is 2.52. The Morgan fingerprint density at radius 1 is 1.25 bits per heavy atom. The Hall–Kier alpha value is -2.74. The van der Waals surface area contributed by atoms with Gasteiger partial charge in [-0.15, -0.1) is 0 Å². The Labute approximate surface area is 141 Å². The smallest absolute Gasteiger partial charge is 0.410 e. The number of nitrogens with two attached hydrogens (primary N) is 1. The fourth-order valence-electron chi connectivity index (χ4n) is 1.97. The number of nitrogens with one attached hydrogen (secondary N) is 1. The Morgan fingerprint density at radius 2 is 1.92 bits per heavy atom. The molecule has 0 spiro atoms. The molecular weight excluding hydrogens is 312 g/mol. The van der Waals surface area contributed by atoms with Crippen LogP contribution in [-0.4, -0.2) is 58.2 Å². The summed E-state index contributed by atoms with van der Waals surface area (Å²) in [6, 6.07) is 3.17. The first kappa shape index (κ1) is 19.3. The van der Waals surface area contributed by atoms with Crippen LogP contribution in [0.4, 0.5) is 16.2 Å². The molecule has 0 aliphatic carbocycles. The molecule has 8 heteroatoms. The lowest BCUT2D eigenvalue weighted by molar-refractivity contribution is -0.111. The molecule has 0 fully saturated rings. The first-order valence-electron chi connectivity index (χ1n) is 7.27. The van der Waals surface area contributed by atoms with Gasteiger partial charge < -0.3 is 30.3 Å². The molecule has 0 heterocycles. The van der Waals surface area contributed by atoms with Gasteiger partial charge in [-0.05, 0) is 20.2 Å². The number of primary amides is 1. The molecule has 0 saturated heterocycles. The van der Waals surface area contributed by atoms with Gasteiger partial charge in [0.15, 0.2) is 11.5 Å². The number of anilines is 2. The van der Waals surface area contributed by atoms with E-state index >= 15 is 0 Å². The molecule has 0 aromatic heterocycles. The van der Waals surface area contributed by atoms with Gasteiger partial charge in [0, 0.05) is 32.3 Å². The van der Waals surface area contributed by atoms with Crippen LogP contribution in [0.1, 0.15) is 0 Å². The van der Waals surface area contributed by atoms with Crippen LogP contribution in [0.3, 0.4) is 0 Å². The van der Waals surface area contributed by atoms with Crippen LogP contribution < -0.4 is 25.4 Å². The summed E-state index contributed by atoms with van der Waals surface area (Å²) in [6.07, 6.45) is 0.186. The number of amides is 2. The predicted octanol–water partition coefficient (Wildman–Crippen LogP) is 1.27. The third kappa shape index (κ3) is 5.47. The van der Waals surface area contributed by atoms with Crippen LogP contribution in [0.2, 0.25) is 0 Å². The van der Waals surface area contributed by atoms with Crippen molar-refractivity contribution in [2.24, 2.45) is 5.73 Å². The zero-order valence-electron chi connectivity index (χ0n) is 14.5. The number of benzene rings is 1. The van der Waals surface area contributed by atoms with Crippen LogP contribution in [0.25, 0.3) is 0 Å². The number of carbonyl (C=O) groups is 2. The van der Waals surface area contributed by atoms with Crippen molar-refractivity contribution in [2.75, 3.05) is 51.6 Å². The summed E-state index contributed by atoms with van der Waals surface area (Å²) >= 11 is 0. The van der Waals surface area contributed by atoms with Crippen molar-refractivity contribution in [1.29, 1.82) is 0 Å². The molecule has 1 aromatic carbocycles. The highest BCUT2D eigenvalue weighted by Crippen LogP contribution is 2.38. The Bertz CT molecular complexity index is 616. The van der Waals surface area contributed by atoms with E-state index in [0.29, 0.717) is 23.7 Å². The third-order valence-electron chi connectivity index (χ3n) is 3.23. The van der Waals surface area contributed by atoms with Crippen LogP contribution in [0, 0.1) is 0 Å². The van der Waals surface area contributed by atoms with E-state index < -0.39 is 6.09 Å². The normalized spacial score (nSPS) is 10.2. The summed E-state index contributed by atoms with van der Waals surface area (Å²) < 4.78 is 10.2. The van der Waals surface area contributed by atoms with E-state index in [9.17, 15) is 9.59 Å². The number of nitrogens with zero attached hydrogens (tertiary/aromatic N) is 2. The Morgan fingerprint density at radius 3 is 2.42 bits per heavy atom. The average molecular weight is 336 g/mol. The number of hydrogen-bond donors (Lipinski definition) is 2. The van der Waals surface area contributed by atoms with Gasteiger partial charge in [0.2, 0.25) is 5.91 Å². The molecule has 132 valence electrons. The second-order valence-electron chi connectivity index (χ2n) is 5.36. The minimum Gasteiger partial charge on any atom is -0.493 e. The summed E-state index contributed by atoms with van der Waals surface area (Å²) in [6.45, 7) is 4.96. The second kappa shape index (κ2) is 8.78. The highest BCUT2D eigenvalue weighted by molar-refractivity contribution is 6.01. The molecule has 0 radical (unpaired) electrons. The molecule has 24 heavy (non-hydrogen) atoms. The van der Waals surface area contributed by atoms with Crippen molar-refractivity contribution in [2.45, 2.75) is 0 Å². The van der Waals surface area contributed by atoms with Crippen molar-refractivity contribution in [1.82, 2.24) is 4.90 Å². The van der Waals surface area contributed by atoms with Crippen LogP contribution in [0.5, 0.6) is 11.5 Å². The monoisotopic (exact) mass is 336 g/mol. The van der Waals surface area contributed by atoms with Gasteiger partial charge in [0.05, 0.1) is 18.5 Å². The number of hydrogen-bond acceptors (Lipinski definition) is 6. The highest BCUT2D eigenvalue weighted by Gasteiger charge is 2.17. The number of likely N-dealkylation sites (N-methyl/N-ethyl adjacent to an activating group) is 2. The molecule has 8 nitrogen and oxygen atoms in total. The van der Waals surface area contributed by atoms with Crippen LogP contribution in [-0.2, 0) is 4.79 Å². The first-order valence-corrected chi connectivity index (χ1v) is 7.27. The van der Waals surface area contributed by atoms with E-state index in [-0.39, 0.29) is 11.7 Å². The maximum atomic E-state index is 11.7. The largest absolute Gasteiger partial charge is 0.493 e.